The lowest BCUT2D eigenvalue weighted by atomic mass is 10.2. The third-order valence-electron chi connectivity index (χ3n) is 2.85. The molecule has 0 aliphatic carbocycles. The lowest BCUT2D eigenvalue weighted by Crippen LogP contribution is -2.21. The maximum absolute atomic E-state index is 6.12. The van der Waals surface area contributed by atoms with Crippen molar-refractivity contribution in [3.05, 3.63) is 45.1 Å². The van der Waals surface area contributed by atoms with Crippen molar-refractivity contribution in [2.45, 2.75) is 23.4 Å². The second-order valence-corrected chi connectivity index (χ2v) is 8.07. The number of hydrogen-bond donors (Lipinski definition) is 1. The monoisotopic (exact) mass is 368 g/mol. The number of benzene rings is 1. The molecule has 0 saturated heterocycles. The molecule has 6 heteroatoms. The summed E-state index contributed by atoms with van der Waals surface area (Å²) in [7, 11) is 0. The molecule has 0 aliphatic heterocycles. The van der Waals surface area contributed by atoms with Gasteiger partial charge in [-0.1, -0.05) is 23.9 Å². The van der Waals surface area contributed by atoms with Crippen LogP contribution in [0.1, 0.15) is 17.1 Å². The lowest BCUT2D eigenvalue weighted by Gasteiger charge is -2.16. The number of thioether (sulfide) groups is 1. The van der Waals surface area contributed by atoms with Gasteiger partial charge in [0.05, 0.1) is 9.04 Å². The highest BCUT2D eigenvalue weighted by Gasteiger charge is 2.22. The number of halogens is 1. The Balaban J connectivity index is 1.89. The SMILES string of the molecule is CC(N)C(Sc1nc2ccccc2o1)c1ccc(Br)s1. The summed E-state index contributed by atoms with van der Waals surface area (Å²) in [6.07, 6.45) is 0. The molecule has 3 nitrogen and oxygen atoms in total. The zero-order valence-electron chi connectivity index (χ0n) is 10.7. The van der Waals surface area contributed by atoms with Crippen molar-refractivity contribution < 1.29 is 4.42 Å². The van der Waals surface area contributed by atoms with Gasteiger partial charge in [-0.3, -0.25) is 0 Å². The summed E-state index contributed by atoms with van der Waals surface area (Å²) < 4.78 is 6.87. The Morgan fingerprint density at radius 1 is 1.30 bits per heavy atom. The number of fused-ring (bicyclic) bond motifs is 1. The maximum atomic E-state index is 6.12. The van der Waals surface area contributed by atoms with E-state index >= 15 is 0 Å². The van der Waals surface area contributed by atoms with Crippen LogP contribution in [-0.4, -0.2) is 11.0 Å². The van der Waals surface area contributed by atoms with Crippen LogP contribution < -0.4 is 5.73 Å². The zero-order chi connectivity index (χ0) is 14.1. The van der Waals surface area contributed by atoms with E-state index in [-0.39, 0.29) is 11.3 Å². The summed E-state index contributed by atoms with van der Waals surface area (Å²) in [6, 6.07) is 11.9. The fourth-order valence-electron chi connectivity index (χ4n) is 1.92. The number of thiophene rings is 1. The van der Waals surface area contributed by atoms with E-state index < -0.39 is 0 Å². The number of rotatable bonds is 4. The van der Waals surface area contributed by atoms with Gasteiger partial charge in [-0.2, -0.15) is 0 Å². The van der Waals surface area contributed by atoms with Gasteiger partial charge in [0.15, 0.2) is 5.58 Å². The van der Waals surface area contributed by atoms with Crippen molar-refractivity contribution in [3.63, 3.8) is 0 Å². The fraction of sp³-hybridized carbons (Fsp3) is 0.214. The van der Waals surface area contributed by atoms with E-state index in [9.17, 15) is 0 Å². The van der Waals surface area contributed by atoms with Crippen LogP contribution in [0.15, 0.2) is 49.8 Å². The topological polar surface area (TPSA) is 52.0 Å². The average Bonchev–Trinajstić information content (AvgIpc) is 3.01. The van der Waals surface area contributed by atoms with Gasteiger partial charge in [0.2, 0.25) is 0 Å². The summed E-state index contributed by atoms with van der Waals surface area (Å²) in [5.74, 6) is 0. The molecule has 2 heterocycles. The second-order valence-electron chi connectivity index (χ2n) is 4.49. The van der Waals surface area contributed by atoms with Crippen molar-refractivity contribution in [2.24, 2.45) is 5.73 Å². The molecule has 104 valence electrons. The van der Waals surface area contributed by atoms with Gasteiger partial charge in [-0.15, -0.1) is 11.3 Å². The number of oxazole rings is 1. The number of nitrogens with zero attached hydrogens (tertiary/aromatic N) is 1. The third-order valence-corrected chi connectivity index (χ3v) is 6.02. The molecule has 2 N–H and O–H groups in total. The Morgan fingerprint density at radius 3 is 2.75 bits per heavy atom. The maximum Gasteiger partial charge on any atom is 0.257 e. The highest BCUT2D eigenvalue weighted by Crippen LogP contribution is 2.41. The molecule has 2 aromatic heterocycles. The van der Waals surface area contributed by atoms with E-state index in [1.165, 1.54) is 4.88 Å². The van der Waals surface area contributed by atoms with Gasteiger partial charge in [0.25, 0.3) is 5.22 Å². The molecule has 0 amide bonds. The minimum Gasteiger partial charge on any atom is -0.431 e. The molecule has 2 unspecified atom stereocenters. The van der Waals surface area contributed by atoms with Gasteiger partial charge in [0.1, 0.15) is 5.52 Å². The first kappa shape index (κ1) is 14.1. The highest BCUT2D eigenvalue weighted by molar-refractivity contribution is 9.11. The standard InChI is InChI=1S/C14H13BrN2OS2/c1-8(16)13(11-6-7-12(15)19-11)20-14-17-9-4-2-3-5-10(9)18-14/h2-8,13H,16H2,1H3. The Bertz CT molecular complexity index is 690. The van der Waals surface area contributed by atoms with E-state index in [0.29, 0.717) is 5.22 Å². The quantitative estimate of drug-likeness (QED) is 0.669. The van der Waals surface area contributed by atoms with Crippen LogP contribution in [0.5, 0.6) is 0 Å². The predicted molar refractivity (Wildman–Crippen MR) is 88.3 cm³/mol. The first-order chi connectivity index (χ1) is 9.63. The van der Waals surface area contributed by atoms with Crippen LogP contribution in [0.2, 0.25) is 0 Å². The Hall–Kier alpha value is -0.820. The number of nitrogens with two attached hydrogens (primary N) is 1. The van der Waals surface area contributed by atoms with E-state index in [1.807, 2.05) is 37.3 Å². The second kappa shape index (κ2) is 5.89. The Labute approximate surface area is 133 Å². The summed E-state index contributed by atoms with van der Waals surface area (Å²) in [5.41, 5.74) is 7.81. The van der Waals surface area contributed by atoms with Crippen LogP contribution in [0.4, 0.5) is 0 Å². The van der Waals surface area contributed by atoms with Crippen LogP contribution in [0, 0.1) is 0 Å². The fourth-order valence-corrected chi connectivity index (χ4v) is 4.64. The number of hydrogen-bond acceptors (Lipinski definition) is 5. The van der Waals surface area contributed by atoms with Crippen molar-refractivity contribution in [2.75, 3.05) is 0 Å². The van der Waals surface area contributed by atoms with Crippen LogP contribution in [-0.2, 0) is 0 Å². The number of aromatic nitrogens is 1. The predicted octanol–water partition coefficient (Wildman–Crippen LogP) is 4.83. The highest BCUT2D eigenvalue weighted by atomic mass is 79.9. The number of para-hydroxylation sites is 2. The van der Waals surface area contributed by atoms with Gasteiger partial charge in [0, 0.05) is 10.9 Å². The van der Waals surface area contributed by atoms with Gasteiger partial charge in [-0.05, 0) is 47.1 Å². The smallest absolute Gasteiger partial charge is 0.257 e. The van der Waals surface area contributed by atoms with Crippen LogP contribution >= 0.6 is 39.0 Å². The van der Waals surface area contributed by atoms with Gasteiger partial charge >= 0.3 is 0 Å². The zero-order valence-corrected chi connectivity index (χ0v) is 14.0. The van der Waals surface area contributed by atoms with Crippen molar-refractivity contribution in [3.8, 4) is 0 Å². The average molecular weight is 369 g/mol. The molecular formula is C14H13BrN2OS2. The molecule has 3 rings (SSSR count). The summed E-state index contributed by atoms with van der Waals surface area (Å²) >= 11 is 6.76. The van der Waals surface area contributed by atoms with E-state index in [1.54, 1.807) is 23.1 Å². The van der Waals surface area contributed by atoms with Crippen molar-refractivity contribution >= 4 is 50.1 Å². The van der Waals surface area contributed by atoms with Crippen molar-refractivity contribution in [1.82, 2.24) is 4.98 Å². The van der Waals surface area contributed by atoms with Gasteiger partial charge in [-0.25, -0.2) is 4.98 Å². The molecule has 20 heavy (non-hydrogen) atoms. The van der Waals surface area contributed by atoms with Crippen LogP contribution in [0.3, 0.4) is 0 Å². The largest absolute Gasteiger partial charge is 0.431 e. The normalized spacial score (nSPS) is 14.6. The molecule has 0 radical (unpaired) electrons. The lowest BCUT2D eigenvalue weighted by molar-refractivity contribution is 0.487. The molecule has 0 bridgehead atoms. The Morgan fingerprint density at radius 2 is 2.10 bits per heavy atom. The first-order valence-electron chi connectivity index (χ1n) is 6.16. The van der Waals surface area contributed by atoms with E-state index in [4.69, 9.17) is 10.2 Å². The minimum absolute atomic E-state index is 0.0144. The molecule has 0 spiro atoms. The summed E-state index contributed by atoms with van der Waals surface area (Å²) in [6.45, 7) is 2.01. The first-order valence-corrected chi connectivity index (χ1v) is 8.65. The molecule has 0 saturated carbocycles. The minimum atomic E-state index is 0.0144. The van der Waals surface area contributed by atoms with Gasteiger partial charge < -0.3 is 10.2 Å². The molecule has 3 aromatic rings. The van der Waals surface area contributed by atoms with Crippen LogP contribution in [0.25, 0.3) is 11.1 Å². The molecule has 2 atom stereocenters. The Kier molecular flexibility index (Phi) is 4.16. The van der Waals surface area contributed by atoms with E-state index in [2.05, 4.69) is 27.0 Å². The molecule has 0 aliphatic rings. The van der Waals surface area contributed by atoms with Crippen molar-refractivity contribution in [1.29, 1.82) is 0 Å². The molecule has 1 aromatic carbocycles. The third kappa shape index (κ3) is 2.93. The van der Waals surface area contributed by atoms with E-state index in [0.717, 1.165) is 14.9 Å². The molecular weight excluding hydrogens is 356 g/mol. The summed E-state index contributed by atoms with van der Waals surface area (Å²) in [5, 5.41) is 0.803. The summed E-state index contributed by atoms with van der Waals surface area (Å²) in [4.78, 5) is 5.72. The molecule has 0 fully saturated rings.